The molecule has 0 amide bonds. The molecular formula is C20H36O4. The second-order valence-corrected chi connectivity index (χ2v) is 9.79. The average Bonchev–Trinajstić information content (AvgIpc) is 2.33. The fraction of sp³-hybridized carbons (Fsp3) is 0.950. The molecule has 2 aliphatic rings. The van der Waals surface area contributed by atoms with E-state index >= 15 is 0 Å². The maximum Gasteiger partial charge on any atom is 0.303 e. The fourth-order valence-corrected chi connectivity index (χ4v) is 6.37. The first-order valence-electron chi connectivity index (χ1n) is 9.52. The van der Waals surface area contributed by atoms with E-state index < -0.39 is 17.7 Å². The lowest BCUT2D eigenvalue weighted by Crippen LogP contribution is -2.62. The van der Waals surface area contributed by atoms with Crippen LogP contribution in [0.3, 0.4) is 0 Å². The Morgan fingerprint density at radius 3 is 2.42 bits per heavy atom. The van der Waals surface area contributed by atoms with Gasteiger partial charge in [0, 0.05) is 12.8 Å². The molecule has 24 heavy (non-hydrogen) atoms. The maximum absolute atomic E-state index is 11.1. The second kappa shape index (κ2) is 6.60. The van der Waals surface area contributed by atoms with E-state index in [0.717, 1.165) is 32.1 Å². The molecule has 0 aromatic carbocycles. The van der Waals surface area contributed by atoms with Crippen LogP contribution in [0.2, 0.25) is 0 Å². The molecule has 0 bridgehead atoms. The Hall–Kier alpha value is -0.610. The Morgan fingerprint density at radius 1 is 1.21 bits per heavy atom. The van der Waals surface area contributed by atoms with Crippen molar-refractivity contribution in [3.8, 4) is 0 Å². The molecule has 0 aromatic heterocycles. The minimum Gasteiger partial charge on any atom is -0.481 e. The number of carboxylic acids is 1. The fourth-order valence-electron chi connectivity index (χ4n) is 6.37. The van der Waals surface area contributed by atoms with Gasteiger partial charge in [-0.3, -0.25) is 4.79 Å². The number of fused-ring (bicyclic) bond motifs is 1. The predicted octanol–water partition coefficient (Wildman–Crippen LogP) is 3.84. The van der Waals surface area contributed by atoms with Crippen molar-refractivity contribution < 1.29 is 20.1 Å². The molecule has 6 unspecified atom stereocenters. The molecule has 2 aliphatic carbocycles. The minimum atomic E-state index is -0.888. The van der Waals surface area contributed by atoms with Crippen molar-refractivity contribution >= 4 is 5.97 Å². The highest BCUT2D eigenvalue weighted by Gasteiger charge is 2.60. The SMILES string of the molecule is CC(CCC1C(C)(O)CC(O)C2C(C)(C)CCCC21C)CC(=O)O. The van der Waals surface area contributed by atoms with Gasteiger partial charge in [0.1, 0.15) is 0 Å². The summed E-state index contributed by atoms with van der Waals surface area (Å²) in [5.41, 5.74) is -0.902. The van der Waals surface area contributed by atoms with Crippen molar-refractivity contribution in [2.75, 3.05) is 0 Å². The van der Waals surface area contributed by atoms with Gasteiger partial charge < -0.3 is 15.3 Å². The molecule has 0 spiro atoms. The number of aliphatic carboxylic acids is 1. The molecule has 0 aliphatic heterocycles. The lowest BCUT2D eigenvalue weighted by atomic mass is 9.44. The number of hydrogen-bond acceptors (Lipinski definition) is 3. The third-order valence-corrected chi connectivity index (χ3v) is 7.11. The molecule has 3 N–H and O–H groups in total. The molecule has 0 aromatic rings. The van der Waals surface area contributed by atoms with Crippen LogP contribution in [0.25, 0.3) is 0 Å². The summed E-state index contributed by atoms with van der Waals surface area (Å²) in [7, 11) is 0. The van der Waals surface area contributed by atoms with Gasteiger partial charge in [0.05, 0.1) is 11.7 Å². The van der Waals surface area contributed by atoms with Crippen LogP contribution in [-0.4, -0.2) is 33.0 Å². The molecule has 140 valence electrons. The number of aliphatic hydroxyl groups is 2. The second-order valence-electron chi connectivity index (χ2n) is 9.79. The van der Waals surface area contributed by atoms with E-state index in [1.807, 2.05) is 13.8 Å². The van der Waals surface area contributed by atoms with Gasteiger partial charge in [0.15, 0.2) is 0 Å². The van der Waals surface area contributed by atoms with Gasteiger partial charge in [0.25, 0.3) is 0 Å². The molecule has 0 saturated heterocycles. The van der Waals surface area contributed by atoms with Crippen molar-refractivity contribution in [1.82, 2.24) is 0 Å². The van der Waals surface area contributed by atoms with Crippen LogP contribution in [0, 0.1) is 28.6 Å². The first-order valence-corrected chi connectivity index (χ1v) is 9.52. The normalized spacial score (nSPS) is 43.0. The third kappa shape index (κ3) is 3.65. The van der Waals surface area contributed by atoms with Crippen molar-refractivity contribution in [2.45, 2.75) is 91.3 Å². The molecule has 4 nitrogen and oxygen atoms in total. The van der Waals surface area contributed by atoms with Gasteiger partial charge >= 0.3 is 5.97 Å². The first-order chi connectivity index (χ1) is 10.9. The molecule has 6 atom stereocenters. The number of carbonyl (C=O) groups is 1. The smallest absolute Gasteiger partial charge is 0.303 e. The number of rotatable bonds is 5. The summed E-state index contributed by atoms with van der Waals surface area (Å²) in [6.45, 7) is 10.6. The predicted molar refractivity (Wildman–Crippen MR) is 94.6 cm³/mol. The lowest BCUT2D eigenvalue weighted by Gasteiger charge is -2.63. The zero-order valence-corrected chi connectivity index (χ0v) is 16.0. The highest BCUT2D eigenvalue weighted by atomic mass is 16.4. The molecule has 2 saturated carbocycles. The summed E-state index contributed by atoms with van der Waals surface area (Å²) in [6.07, 6.45) is 5.07. The summed E-state index contributed by atoms with van der Waals surface area (Å²) in [5, 5.41) is 30.9. The number of hydrogen-bond donors (Lipinski definition) is 3. The Bertz CT molecular complexity index is 470. The maximum atomic E-state index is 11.1. The Morgan fingerprint density at radius 2 is 1.83 bits per heavy atom. The van der Waals surface area contributed by atoms with E-state index in [2.05, 4.69) is 20.8 Å². The molecule has 2 rings (SSSR count). The van der Waals surface area contributed by atoms with Crippen LogP contribution in [-0.2, 0) is 4.79 Å². The monoisotopic (exact) mass is 340 g/mol. The number of aliphatic hydroxyl groups excluding tert-OH is 1. The van der Waals surface area contributed by atoms with Crippen molar-refractivity contribution in [2.24, 2.45) is 28.6 Å². The van der Waals surface area contributed by atoms with Gasteiger partial charge in [-0.15, -0.1) is 0 Å². The van der Waals surface area contributed by atoms with E-state index in [9.17, 15) is 15.0 Å². The third-order valence-electron chi connectivity index (χ3n) is 7.11. The molecule has 0 radical (unpaired) electrons. The summed E-state index contributed by atoms with van der Waals surface area (Å²) in [4.78, 5) is 10.9. The molecular weight excluding hydrogens is 304 g/mol. The van der Waals surface area contributed by atoms with Gasteiger partial charge in [-0.05, 0) is 61.2 Å². The van der Waals surface area contributed by atoms with Gasteiger partial charge in [-0.1, -0.05) is 34.1 Å². The van der Waals surface area contributed by atoms with Gasteiger partial charge in [0.2, 0.25) is 0 Å². The summed E-state index contributed by atoms with van der Waals surface area (Å²) >= 11 is 0. The molecule has 4 heteroatoms. The summed E-state index contributed by atoms with van der Waals surface area (Å²) in [5.74, 6) is -0.340. The Labute approximate surface area is 146 Å². The summed E-state index contributed by atoms with van der Waals surface area (Å²) in [6, 6.07) is 0. The van der Waals surface area contributed by atoms with Crippen LogP contribution in [0.5, 0.6) is 0 Å². The topological polar surface area (TPSA) is 77.8 Å². The molecule has 0 heterocycles. The van der Waals surface area contributed by atoms with E-state index in [0.29, 0.717) is 6.42 Å². The Balaban J connectivity index is 2.24. The molecule has 2 fully saturated rings. The lowest BCUT2D eigenvalue weighted by molar-refractivity contribution is -0.215. The summed E-state index contributed by atoms with van der Waals surface area (Å²) < 4.78 is 0. The zero-order chi connectivity index (χ0) is 18.3. The average molecular weight is 341 g/mol. The van der Waals surface area contributed by atoms with E-state index in [1.165, 1.54) is 0 Å². The van der Waals surface area contributed by atoms with Crippen molar-refractivity contribution in [3.05, 3.63) is 0 Å². The van der Waals surface area contributed by atoms with E-state index in [-0.39, 0.29) is 35.0 Å². The van der Waals surface area contributed by atoms with Crippen LogP contribution in [0.1, 0.15) is 79.6 Å². The highest BCUT2D eigenvalue weighted by molar-refractivity contribution is 5.66. The van der Waals surface area contributed by atoms with Crippen LogP contribution < -0.4 is 0 Å². The Kier molecular flexibility index (Phi) is 5.42. The number of carboxylic acid groups (broad SMARTS) is 1. The van der Waals surface area contributed by atoms with Crippen LogP contribution in [0.4, 0.5) is 0 Å². The van der Waals surface area contributed by atoms with Crippen LogP contribution in [0.15, 0.2) is 0 Å². The largest absolute Gasteiger partial charge is 0.481 e. The van der Waals surface area contributed by atoms with Crippen molar-refractivity contribution in [1.29, 1.82) is 0 Å². The quantitative estimate of drug-likeness (QED) is 0.710. The standard InChI is InChI=1S/C20H36O4/c1-13(11-16(22)23)7-8-15-19(4)10-6-9-18(2,3)17(19)14(21)12-20(15,5)24/h13-15,17,21,24H,6-12H2,1-5H3,(H,22,23). The highest BCUT2D eigenvalue weighted by Crippen LogP contribution is 2.63. The minimum absolute atomic E-state index is 0.0772. The zero-order valence-electron chi connectivity index (χ0n) is 16.0. The van der Waals surface area contributed by atoms with E-state index in [4.69, 9.17) is 5.11 Å². The van der Waals surface area contributed by atoms with Gasteiger partial charge in [-0.2, -0.15) is 0 Å². The van der Waals surface area contributed by atoms with Crippen LogP contribution >= 0.6 is 0 Å². The van der Waals surface area contributed by atoms with Gasteiger partial charge in [-0.25, -0.2) is 0 Å². The van der Waals surface area contributed by atoms with E-state index in [1.54, 1.807) is 0 Å². The first kappa shape index (κ1) is 19.7. The van der Waals surface area contributed by atoms with Crippen molar-refractivity contribution in [3.63, 3.8) is 0 Å².